The largest absolute Gasteiger partial charge is 0.486 e. The zero-order valence-electron chi connectivity index (χ0n) is 18.1. The number of carbonyl (C=O) groups excluding carboxylic acids is 1. The van der Waals surface area contributed by atoms with Crippen LogP contribution < -0.4 is 10.1 Å². The van der Waals surface area contributed by atoms with E-state index < -0.39 is 0 Å². The van der Waals surface area contributed by atoms with Crippen molar-refractivity contribution >= 4 is 5.91 Å². The quantitative estimate of drug-likeness (QED) is 0.692. The minimum atomic E-state index is -0.131. The van der Waals surface area contributed by atoms with Crippen LogP contribution in [0.5, 0.6) is 5.75 Å². The summed E-state index contributed by atoms with van der Waals surface area (Å²) in [7, 11) is 4.17. The van der Waals surface area contributed by atoms with Gasteiger partial charge < -0.3 is 19.4 Å². The second-order valence-corrected chi connectivity index (χ2v) is 8.67. The smallest absolute Gasteiger partial charge is 0.287 e. The van der Waals surface area contributed by atoms with E-state index in [0.29, 0.717) is 30.0 Å². The molecule has 2 aromatic rings. The Morgan fingerprint density at radius 2 is 1.86 bits per heavy atom. The lowest BCUT2D eigenvalue weighted by atomic mass is 9.84. The fourth-order valence-electron chi connectivity index (χ4n) is 4.01. The van der Waals surface area contributed by atoms with Crippen molar-refractivity contribution in [3.63, 3.8) is 0 Å². The summed E-state index contributed by atoms with van der Waals surface area (Å²) in [4.78, 5) is 14.9. The summed E-state index contributed by atoms with van der Waals surface area (Å²) >= 11 is 0. The van der Waals surface area contributed by atoms with Gasteiger partial charge in [-0.3, -0.25) is 4.79 Å². The number of hydrogen-bond donors (Lipinski definition) is 1. The van der Waals surface area contributed by atoms with E-state index in [1.54, 1.807) is 6.07 Å². The molecule has 1 aliphatic carbocycles. The second kappa shape index (κ2) is 9.97. The summed E-state index contributed by atoms with van der Waals surface area (Å²) in [5.74, 6) is 2.66. The van der Waals surface area contributed by atoms with Crippen LogP contribution in [0.1, 0.15) is 67.3 Å². The minimum Gasteiger partial charge on any atom is -0.486 e. The average Bonchev–Trinajstić information content (AvgIpc) is 3.17. The molecule has 2 unspecified atom stereocenters. The van der Waals surface area contributed by atoms with Gasteiger partial charge in [0.15, 0.2) is 5.76 Å². The topological polar surface area (TPSA) is 54.7 Å². The maximum absolute atomic E-state index is 12.7. The monoisotopic (exact) mass is 398 g/mol. The van der Waals surface area contributed by atoms with E-state index >= 15 is 0 Å². The summed E-state index contributed by atoms with van der Waals surface area (Å²) in [5.41, 5.74) is 1.28. The highest BCUT2D eigenvalue weighted by atomic mass is 16.5. The van der Waals surface area contributed by atoms with Crippen molar-refractivity contribution in [2.75, 3.05) is 20.6 Å². The van der Waals surface area contributed by atoms with E-state index in [-0.39, 0.29) is 11.9 Å². The first-order valence-electron chi connectivity index (χ1n) is 10.7. The number of hydrogen-bond acceptors (Lipinski definition) is 4. The predicted octanol–water partition coefficient (Wildman–Crippen LogP) is 4.83. The third-order valence-corrected chi connectivity index (χ3v) is 5.64. The van der Waals surface area contributed by atoms with Crippen molar-refractivity contribution in [3.05, 3.63) is 53.5 Å². The van der Waals surface area contributed by atoms with E-state index in [0.717, 1.165) is 25.1 Å². The highest BCUT2D eigenvalue weighted by Crippen LogP contribution is 2.25. The lowest BCUT2D eigenvalue weighted by Crippen LogP contribution is -2.45. The maximum atomic E-state index is 12.7. The third kappa shape index (κ3) is 6.10. The fraction of sp³-hybridized carbons (Fsp3) is 0.542. The molecule has 0 aliphatic heterocycles. The van der Waals surface area contributed by atoms with Crippen LogP contribution in [0.4, 0.5) is 0 Å². The van der Waals surface area contributed by atoms with Crippen LogP contribution in [0.25, 0.3) is 0 Å². The van der Waals surface area contributed by atoms with Crippen molar-refractivity contribution in [1.82, 2.24) is 10.2 Å². The molecule has 1 amide bonds. The summed E-state index contributed by atoms with van der Waals surface area (Å²) < 4.78 is 11.5. The van der Waals surface area contributed by atoms with Gasteiger partial charge in [0.05, 0.1) is 0 Å². The zero-order chi connectivity index (χ0) is 20.8. The van der Waals surface area contributed by atoms with Crippen LogP contribution in [0.3, 0.4) is 0 Å². The van der Waals surface area contributed by atoms with E-state index in [2.05, 4.69) is 50.3 Å². The third-order valence-electron chi connectivity index (χ3n) is 5.64. The molecule has 0 saturated heterocycles. The molecular weight excluding hydrogens is 364 g/mol. The van der Waals surface area contributed by atoms with Crippen molar-refractivity contribution in [2.24, 2.45) is 5.92 Å². The Bertz CT molecular complexity index is 780. The second-order valence-electron chi connectivity index (χ2n) is 8.67. The molecule has 1 heterocycles. The lowest BCUT2D eigenvalue weighted by molar-refractivity contribution is 0.0863. The van der Waals surface area contributed by atoms with Crippen molar-refractivity contribution in [3.8, 4) is 5.75 Å². The van der Waals surface area contributed by atoms with E-state index in [1.165, 1.54) is 18.4 Å². The molecule has 5 nitrogen and oxygen atoms in total. The maximum Gasteiger partial charge on any atom is 0.287 e. The molecule has 1 aromatic carbocycles. The number of furan rings is 1. The molecular formula is C24H34N2O3. The first-order valence-corrected chi connectivity index (χ1v) is 10.7. The van der Waals surface area contributed by atoms with Crippen LogP contribution in [0, 0.1) is 5.92 Å². The Morgan fingerprint density at radius 1 is 1.14 bits per heavy atom. The first-order chi connectivity index (χ1) is 13.9. The average molecular weight is 399 g/mol. The van der Waals surface area contributed by atoms with Crippen molar-refractivity contribution < 1.29 is 13.9 Å². The number of amides is 1. The van der Waals surface area contributed by atoms with Gasteiger partial charge >= 0.3 is 0 Å². The summed E-state index contributed by atoms with van der Waals surface area (Å²) in [6, 6.07) is 11.9. The molecule has 3 rings (SSSR count). The van der Waals surface area contributed by atoms with Crippen LogP contribution in [-0.2, 0) is 6.61 Å². The molecule has 1 saturated carbocycles. The van der Waals surface area contributed by atoms with Gasteiger partial charge in [0.1, 0.15) is 18.1 Å². The number of benzene rings is 1. The fourth-order valence-corrected chi connectivity index (χ4v) is 4.01. The molecule has 1 N–H and O–H groups in total. The highest BCUT2D eigenvalue weighted by Gasteiger charge is 2.28. The zero-order valence-corrected chi connectivity index (χ0v) is 18.1. The predicted molar refractivity (Wildman–Crippen MR) is 115 cm³/mol. The van der Waals surface area contributed by atoms with E-state index in [4.69, 9.17) is 9.15 Å². The van der Waals surface area contributed by atoms with E-state index in [1.807, 2.05) is 18.2 Å². The molecule has 0 bridgehead atoms. The Balaban J connectivity index is 1.54. The summed E-state index contributed by atoms with van der Waals surface area (Å²) in [6.45, 7) is 5.64. The van der Waals surface area contributed by atoms with Crippen LogP contribution in [-0.4, -0.2) is 37.5 Å². The SMILES string of the molecule is CC(C)c1ccc(OCc2ccc(C(=O)NC3CCCCC3CN(C)C)o2)cc1. The van der Waals surface area contributed by atoms with Crippen LogP contribution >= 0.6 is 0 Å². The Hall–Kier alpha value is -2.27. The number of carbonyl (C=O) groups is 1. The first kappa shape index (κ1) is 21.4. The van der Waals surface area contributed by atoms with Gasteiger partial charge in [0, 0.05) is 12.6 Å². The lowest BCUT2D eigenvalue weighted by Gasteiger charge is -2.33. The standard InChI is InChI=1S/C24H34N2O3/c1-17(2)18-9-11-20(12-10-18)28-16-21-13-14-23(29-21)24(27)25-22-8-6-5-7-19(22)15-26(3)4/h9-14,17,19,22H,5-8,15-16H2,1-4H3,(H,25,27). The number of rotatable bonds is 8. The molecule has 5 heteroatoms. The van der Waals surface area contributed by atoms with Gasteiger partial charge in [0.25, 0.3) is 5.91 Å². The normalized spacial score (nSPS) is 19.5. The Labute approximate surface area is 174 Å². The van der Waals surface area contributed by atoms with E-state index in [9.17, 15) is 4.79 Å². The van der Waals surface area contributed by atoms with Gasteiger partial charge in [0.2, 0.25) is 0 Å². The molecule has 2 atom stereocenters. The summed E-state index contributed by atoms with van der Waals surface area (Å²) in [6.07, 6.45) is 4.61. The molecule has 158 valence electrons. The van der Waals surface area contributed by atoms with Gasteiger partial charge in [-0.15, -0.1) is 0 Å². The molecule has 1 fully saturated rings. The summed E-state index contributed by atoms with van der Waals surface area (Å²) in [5, 5.41) is 3.19. The highest BCUT2D eigenvalue weighted by molar-refractivity contribution is 5.91. The van der Waals surface area contributed by atoms with Gasteiger partial charge in [-0.25, -0.2) is 0 Å². The van der Waals surface area contributed by atoms with Gasteiger partial charge in [-0.2, -0.15) is 0 Å². The van der Waals surface area contributed by atoms with Crippen LogP contribution in [0.15, 0.2) is 40.8 Å². The van der Waals surface area contributed by atoms with Gasteiger partial charge in [-0.05, 0) is 68.6 Å². The molecule has 1 aliphatic rings. The van der Waals surface area contributed by atoms with Crippen molar-refractivity contribution in [1.29, 1.82) is 0 Å². The molecule has 0 spiro atoms. The number of nitrogens with one attached hydrogen (secondary N) is 1. The minimum absolute atomic E-state index is 0.131. The molecule has 29 heavy (non-hydrogen) atoms. The molecule has 1 aromatic heterocycles. The van der Waals surface area contributed by atoms with Crippen molar-refractivity contribution in [2.45, 2.75) is 58.1 Å². The Morgan fingerprint density at radius 3 is 2.55 bits per heavy atom. The van der Waals surface area contributed by atoms with Crippen LogP contribution in [0.2, 0.25) is 0 Å². The van der Waals surface area contributed by atoms with Gasteiger partial charge in [-0.1, -0.05) is 38.8 Å². The number of ether oxygens (including phenoxy) is 1. The molecule has 0 radical (unpaired) electrons. The Kier molecular flexibility index (Phi) is 7.37. The number of nitrogens with zero attached hydrogens (tertiary/aromatic N) is 1.